The second-order valence-electron chi connectivity index (χ2n) is 4.21. The zero-order valence-electron chi connectivity index (χ0n) is 11.2. The van der Waals surface area contributed by atoms with E-state index >= 15 is 0 Å². The van der Waals surface area contributed by atoms with Crippen LogP contribution in [0.1, 0.15) is 44.2 Å². The Kier molecular flexibility index (Phi) is 4.92. The molecule has 112 valence electrons. The number of ether oxygens (including phenoxy) is 1. The predicted octanol–water partition coefficient (Wildman–Crippen LogP) is 1.23. The summed E-state index contributed by atoms with van der Waals surface area (Å²) < 4.78 is 9.29. The topological polar surface area (TPSA) is 107 Å². The minimum Gasteiger partial charge on any atom is -0.464 e. The first-order valence-corrected chi connectivity index (χ1v) is 7.21. The van der Waals surface area contributed by atoms with Gasteiger partial charge in [-0.3, -0.25) is 9.59 Å². The van der Waals surface area contributed by atoms with Crippen LogP contribution >= 0.6 is 11.8 Å². The van der Waals surface area contributed by atoms with Crippen molar-refractivity contribution in [2.45, 2.75) is 12.8 Å². The van der Waals surface area contributed by atoms with E-state index in [0.717, 1.165) is 7.11 Å². The summed E-state index contributed by atoms with van der Waals surface area (Å²) in [5, 5.41) is 12.2. The lowest BCUT2D eigenvalue weighted by atomic mass is 10.00. The number of thioether (sulfide) groups is 1. The molecule has 1 heterocycles. The van der Waals surface area contributed by atoms with Gasteiger partial charge in [-0.25, -0.2) is 4.79 Å². The van der Waals surface area contributed by atoms with Crippen LogP contribution in [-0.4, -0.2) is 47.3 Å². The average molecular weight is 311 g/mol. The number of aliphatic hydroxyl groups excluding tert-OH is 1. The van der Waals surface area contributed by atoms with E-state index in [1.807, 2.05) is 0 Å². The quantitative estimate of drug-likeness (QED) is 0.617. The van der Waals surface area contributed by atoms with E-state index < -0.39 is 17.5 Å². The molecular weight excluding hydrogens is 298 g/mol. The van der Waals surface area contributed by atoms with Gasteiger partial charge in [0.1, 0.15) is 5.56 Å². The maximum Gasteiger partial charge on any atom is 0.361 e. The van der Waals surface area contributed by atoms with Crippen LogP contribution in [0, 0.1) is 0 Å². The third kappa shape index (κ3) is 3.06. The second-order valence-corrected chi connectivity index (χ2v) is 5.34. The van der Waals surface area contributed by atoms with Crippen LogP contribution in [0.5, 0.6) is 0 Å². The average Bonchev–Trinajstić information content (AvgIpc) is 2.93. The van der Waals surface area contributed by atoms with Crippen LogP contribution in [0.4, 0.5) is 0 Å². The number of allylic oxidation sites excluding steroid dienone is 2. The molecule has 0 spiro atoms. The molecule has 21 heavy (non-hydrogen) atoms. The number of aliphatic hydroxyl groups is 1. The fourth-order valence-electron chi connectivity index (χ4n) is 1.78. The monoisotopic (exact) mass is 311 g/mol. The Balaban J connectivity index is 2.23. The molecule has 0 aliphatic heterocycles. The number of methoxy groups -OCH3 is 1. The standard InChI is InChI=1S/C13H13NO6S/c1-19-13(18)10-9-11(17)8(21-5-3-2-4-15)6-7(16)12(9)20-14-10/h6,15H,2-5H2,1H3. The van der Waals surface area contributed by atoms with Crippen molar-refractivity contribution in [3.63, 3.8) is 0 Å². The molecule has 0 saturated heterocycles. The maximum absolute atomic E-state index is 12.3. The summed E-state index contributed by atoms with van der Waals surface area (Å²) in [6.45, 7) is 0.0781. The molecule has 0 radical (unpaired) electrons. The van der Waals surface area contributed by atoms with Gasteiger partial charge in [-0.15, -0.1) is 11.8 Å². The van der Waals surface area contributed by atoms with E-state index in [1.54, 1.807) is 0 Å². The zero-order chi connectivity index (χ0) is 15.4. The molecule has 0 aromatic carbocycles. The van der Waals surface area contributed by atoms with Crippen LogP contribution < -0.4 is 0 Å². The fourth-order valence-corrected chi connectivity index (χ4v) is 2.77. The summed E-state index contributed by atoms with van der Waals surface area (Å²) in [7, 11) is 1.15. The summed E-state index contributed by atoms with van der Waals surface area (Å²) in [5.74, 6) is -1.45. The van der Waals surface area contributed by atoms with Gasteiger partial charge in [-0.1, -0.05) is 5.16 Å². The minimum absolute atomic E-state index is 0.0781. The Morgan fingerprint density at radius 2 is 2.19 bits per heavy atom. The Hall–Kier alpha value is -1.93. The van der Waals surface area contributed by atoms with Gasteiger partial charge >= 0.3 is 5.97 Å². The first-order chi connectivity index (χ1) is 10.1. The molecule has 0 unspecified atom stereocenters. The number of ketones is 2. The Bertz CT molecular complexity index is 618. The predicted molar refractivity (Wildman–Crippen MR) is 73.4 cm³/mol. The molecule has 1 N–H and O–H groups in total. The van der Waals surface area contributed by atoms with Crippen molar-refractivity contribution in [1.82, 2.24) is 5.16 Å². The molecule has 2 rings (SSSR count). The number of nitrogens with zero attached hydrogens (tertiary/aromatic N) is 1. The van der Waals surface area contributed by atoms with Gasteiger partial charge < -0.3 is 14.4 Å². The van der Waals surface area contributed by atoms with Crippen LogP contribution in [-0.2, 0) is 4.74 Å². The van der Waals surface area contributed by atoms with Gasteiger partial charge in [0.25, 0.3) is 0 Å². The Morgan fingerprint density at radius 1 is 1.43 bits per heavy atom. The van der Waals surface area contributed by atoms with E-state index in [-0.39, 0.29) is 28.5 Å². The highest BCUT2D eigenvalue weighted by Crippen LogP contribution is 2.31. The molecule has 0 atom stereocenters. The molecular formula is C13H13NO6S. The van der Waals surface area contributed by atoms with Gasteiger partial charge in [-0.2, -0.15) is 0 Å². The third-order valence-corrected chi connectivity index (χ3v) is 3.92. The second kappa shape index (κ2) is 6.68. The highest BCUT2D eigenvalue weighted by atomic mass is 32.2. The summed E-state index contributed by atoms with van der Waals surface area (Å²) in [4.78, 5) is 36.0. The summed E-state index contributed by atoms with van der Waals surface area (Å²) in [6.07, 6.45) is 2.51. The number of esters is 1. The lowest BCUT2D eigenvalue weighted by Crippen LogP contribution is -2.17. The lowest BCUT2D eigenvalue weighted by molar-refractivity contribution is 0.0586. The highest BCUT2D eigenvalue weighted by Gasteiger charge is 2.36. The number of Topliss-reactive ketones (excluding diaryl/α,β-unsaturated/α-hetero) is 1. The van der Waals surface area contributed by atoms with Crippen molar-refractivity contribution in [1.29, 1.82) is 0 Å². The summed E-state index contributed by atoms with van der Waals surface area (Å²) in [6, 6.07) is 0. The van der Waals surface area contributed by atoms with Crippen LogP contribution in [0.2, 0.25) is 0 Å². The van der Waals surface area contributed by atoms with E-state index in [2.05, 4.69) is 9.89 Å². The van der Waals surface area contributed by atoms with E-state index in [0.29, 0.717) is 18.6 Å². The van der Waals surface area contributed by atoms with Gasteiger partial charge in [0.15, 0.2) is 0 Å². The van der Waals surface area contributed by atoms with Crippen LogP contribution in [0.15, 0.2) is 15.5 Å². The summed E-state index contributed by atoms with van der Waals surface area (Å²) in [5.41, 5.74) is -0.425. The van der Waals surface area contributed by atoms with Gasteiger partial charge in [0, 0.05) is 12.7 Å². The Labute approximate surface area is 124 Å². The van der Waals surface area contributed by atoms with Crippen molar-refractivity contribution < 1.29 is 28.8 Å². The smallest absolute Gasteiger partial charge is 0.361 e. The fraction of sp³-hybridized carbons (Fsp3) is 0.385. The Morgan fingerprint density at radius 3 is 2.86 bits per heavy atom. The lowest BCUT2D eigenvalue weighted by Gasteiger charge is -2.10. The van der Waals surface area contributed by atoms with Crippen molar-refractivity contribution in [2.24, 2.45) is 0 Å². The number of hydrogen-bond donors (Lipinski definition) is 1. The van der Waals surface area contributed by atoms with Crippen LogP contribution in [0.3, 0.4) is 0 Å². The molecule has 0 amide bonds. The van der Waals surface area contributed by atoms with Crippen molar-refractivity contribution >= 4 is 29.3 Å². The normalized spacial score (nSPS) is 13.9. The van der Waals surface area contributed by atoms with Crippen molar-refractivity contribution in [3.05, 3.63) is 28.0 Å². The number of fused-ring (bicyclic) bond motifs is 1. The number of aromatic nitrogens is 1. The zero-order valence-corrected chi connectivity index (χ0v) is 12.1. The van der Waals surface area contributed by atoms with Gasteiger partial charge in [0.2, 0.25) is 23.0 Å². The number of carbonyl (C=O) groups excluding carboxylic acids is 3. The number of carbonyl (C=O) groups is 3. The first kappa shape index (κ1) is 15.5. The van der Waals surface area contributed by atoms with Crippen molar-refractivity contribution in [3.8, 4) is 0 Å². The first-order valence-electron chi connectivity index (χ1n) is 6.22. The largest absolute Gasteiger partial charge is 0.464 e. The molecule has 0 bridgehead atoms. The number of unbranched alkanes of at least 4 members (excludes halogenated alkanes) is 1. The third-order valence-electron chi connectivity index (χ3n) is 2.82. The van der Waals surface area contributed by atoms with E-state index in [9.17, 15) is 14.4 Å². The highest BCUT2D eigenvalue weighted by molar-refractivity contribution is 8.04. The van der Waals surface area contributed by atoms with E-state index in [4.69, 9.17) is 9.63 Å². The molecule has 0 saturated carbocycles. The van der Waals surface area contributed by atoms with Crippen LogP contribution in [0.25, 0.3) is 0 Å². The minimum atomic E-state index is -0.826. The molecule has 1 aromatic heterocycles. The van der Waals surface area contributed by atoms with Gasteiger partial charge in [0.05, 0.1) is 12.0 Å². The number of rotatable bonds is 6. The molecule has 7 nitrogen and oxygen atoms in total. The summed E-state index contributed by atoms with van der Waals surface area (Å²) >= 11 is 1.20. The molecule has 8 heteroatoms. The molecule has 1 aliphatic rings. The maximum atomic E-state index is 12.3. The molecule has 1 aliphatic carbocycles. The molecule has 0 fully saturated rings. The number of hydrogen-bond acceptors (Lipinski definition) is 8. The van der Waals surface area contributed by atoms with E-state index in [1.165, 1.54) is 17.8 Å². The molecule has 1 aromatic rings. The van der Waals surface area contributed by atoms with Gasteiger partial charge in [-0.05, 0) is 18.6 Å². The SMILES string of the molecule is COC(=O)c1noc2c1C(=O)C(SCCCCO)=CC2=O. The van der Waals surface area contributed by atoms with Crippen molar-refractivity contribution in [2.75, 3.05) is 19.5 Å².